The maximum Gasteiger partial charge on any atom is 0.539 e. The zero-order chi connectivity index (χ0) is 59.1. The molecule has 0 N–H and O–H groups in total. The molecule has 3 saturated carbocycles. The Hall–Kier alpha value is -4.84. The Morgan fingerprint density at radius 3 is 2.06 bits per heavy atom. The first-order valence-electron chi connectivity index (χ1n) is 30.2. The molecular weight excluding hydrogens is 1060 g/mol. The number of allylic oxidation sites excluding steroid dienone is 2. The normalized spacial score (nSPS) is 26.9. The lowest BCUT2D eigenvalue weighted by Crippen LogP contribution is -2.51. The Labute approximate surface area is 488 Å². The van der Waals surface area contributed by atoms with Crippen molar-refractivity contribution in [1.29, 1.82) is 5.26 Å². The number of nitrogens with zero attached hydrogens (tertiary/aromatic N) is 4. The molecule has 4 aliphatic carbocycles. The van der Waals surface area contributed by atoms with E-state index in [1.807, 2.05) is 107 Å². The van der Waals surface area contributed by atoms with E-state index < -0.39 is 50.9 Å². The van der Waals surface area contributed by atoms with Gasteiger partial charge in [0.2, 0.25) is 12.3 Å². The fourth-order valence-corrected chi connectivity index (χ4v) is 17.1. The van der Waals surface area contributed by atoms with Gasteiger partial charge in [-0.05, 0) is 160 Å². The zero-order valence-electron chi connectivity index (χ0n) is 50.5. The van der Waals surface area contributed by atoms with Crippen LogP contribution in [0.5, 0.6) is 11.5 Å². The largest absolute Gasteiger partial charge is 0.539 e. The molecule has 4 fully saturated rings. The summed E-state index contributed by atoms with van der Waals surface area (Å²) in [6, 6.07) is 26.4. The zero-order valence-corrected chi connectivity index (χ0v) is 51.4. The molecular formula is C66H91F3N4O8P+. The lowest BCUT2D eigenvalue weighted by atomic mass is 9.47. The lowest BCUT2D eigenvalue weighted by Gasteiger charge is -2.57. The number of benzene rings is 3. The summed E-state index contributed by atoms with van der Waals surface area (Å²) in [6.07, 6.45) is 7.22. The van der Waals surface area contributed by atoms with Crippen LogP contribution in [0, 0.1) is 57.7 Å². The summed E-state index contributed by atoms with van der Waals surface area (Å²) >= 11 is 0. The number of carbonyl (C=O) groups excluding carboxylic acids is 2. The average Bonchev–Trinajstić information content (AvgIpc) is 4.15. The Morgan fingerprint density at radius 2 is 1.48 bits per heavy atom. The molecule has 448 valence electrons. The monoisotopic (exact) mass is 1160 g/mol. The highest BCUT2D eigenvalue weighted by Crippen LogP contribution is 2.67. The second-order valence-corrected chi connectivity index (χ2v) is 26.8. The molecule has 3 aromatic rings. The van der Waals surface area contributed by atoms with Gasteiger partial charge < -0.3 is 28.2 Å². The van der Waals surface area contributed by atoms with E-state index in [-0.39, 0.29) is 74.1 Å². The predicted octanol–water partition coefficient (Wildman–Crippen LogP) is 14.8. The van der Waals surface area contributed by atoms with E-state index in [1.54, 1.807) is 19.1 Å². The molecule has 5 aliphatic rings. The first-order valence-corrected chi connectivity index (χ1v) is 31.3. The number of likely N-dealkylation sites (tertiary alicyclic amines) is 1. The number of ether oxygens (including phenoxy) is 3. The minimum Gasteiger partial charge on any atom is -0.497 e. The molecule has 82 heavy (non-hydrogen) atoms. The number of hydrogen-bond donors (Lipinski definition) is 0. The molecule has 1 saturated heterocycles. The van der Waals surface area contributed by atoms with Crippen LogP contribution in [0.2, 0.25) is 0 Å². The number of amides is 2. The summed E-state index contributed by atoms with van der Waals surface area (Å²) in [5, 5.41) is 9.47. The summed E-state index contributed by atoms with van der Waals surface area (Å²) in [7, 11) is 1.45. The number of hydrogen-bond acceptors (Lipinski definition) is 10. The Kier molecular flexibility index (Phi) is 20.8. The van der Waals surface area contributed by atoms with Gasteiger partial charge in [0.15, 0.2) is 0 Å². The third kappa shape index (κ3) is 13.5. The smallest absolute Gasteiger partial charge is 0.497 e. The van der Waals surface area contributed by atoms with Gasteiger partial charge in [0, 0.05) is 25.0 Å². The van der Waals surface area contributed by atoms with Crippen molar-refractivity contribution >= 4 is 26.1 Å². The standard InChI is InChI=1S/C66H91F3N4O8P/c1-44(2)17-15-18-47(7)58-31-32-59-57-30-25-51-39-52(33-35-63(51,8)60(57)34-36-64(58,59)9)72(62(75)66(67,68)69)79-43-61(74)71-41-56(81-82(80-38-16-37-70)73(45(3)4)46(5)6)40-53(71)42-78-65(48-19-13-12-14-20-48,49-21-26-54(76-10)27-22-49)50-23-28-55(77-11)29-24-50/h12-14,19-29,44-47,53,56-60H,15-18,30-36,38-43H2,1-11H3/q+1/b72-52+/t47-,53+,56-,57+,58-,59+,60+,63+,64-,82?/m1/s1. The first-order chi connectivity index (χ1) is 39.1. The number of halogens is 3. The van der Waals surface area contributed by atoms with Crippen molar-refractivity contribution in [3.63, 3.8) is 0 Å². The molecule has 0 aromatic heterocycles. The number of alkyl halides is 3. The lowest BCUT2D eigenvalue weighted by molar-refractivity contribution is -0.725. The van der Waals surface area contributed by atoms with Gasteiger partial charge in [0.05, 0.1) is 63.2 Å². The maximum absolute atomic E-state index is 15.0. The SMILES string of the molecule is COc1ccc(C(OC[C@@H]2C[C@@H](OP(OCCC#N)N(C(C)C)C(C)C)CN2C(=O)CO/[N+](C(=O)C(F)(F)F)=C2\CC[C@@]3(C)C(=CC[C@H]4[C@@H]5CC[C@H]([C@H](C)CCCC(C)C)[C@@]5(C)CC[C@@H]43)C2)(c2ccccc2)c2ccc(OC)cc2)cc1. The number of fused-ring (bicyclic) bond motifs is 5. The van der Waals surface area contributed by atoms with Gasteiger partial charge in [-0.25, -0.2) is 9.46 Å². The average molecular weight is 1160 g/mol. The summed E-state index contributed by atoms with van der Waals surface area (Å²) in [4.78, 5) is 36.2. The number of carbonyl (C=O) groups is 2. The van der Waals surface area contributed by atoms with E-state index in [9.17, 15) is 23.2 Å². The molecule has 8 rings (SSSR count). The van der Waals surface area contributed by atoms with Crippen molar-refractivity contribution in [2.45, 2.75) is 182 Å². The first kappa shape index (κ1) is 63.2. The molecule has 1 heterocycles. The van der Waals surface area contributed by atoms with Crippen molar-refractivity contribution in [2.75, 3.05) is 40.6 Å². The van der Waals surface area contributed by atoms with Gasteiger partial charge in [0.25, 0.3) is 14.4 Å². The van der Waals surface area contributed by atoms with Crippen LogP contribution in [-0.2, 0) is 33.8 Å². The second kappa shape index (κ2) is 27.0. The second-order valence-electron chi connectivity index (χ2n) is 25.4. The van der Waals surface area contributed by atoms with Crippen LogP contribution in [0.1, 0.15) is 162 Å². The highest BCUT2D eigenvalue weighted by atomic mass is 31.2. The highest BCUT2D eigenvalue weighted by Gasteiger charge is 2.60. The summed E-state index contributed by atoms with van der Waals surface area (Å²) in [5.41, 5.74) is 2.42. The Morgan fingerprint density at radius 1 is 0.841 bits per heavy atom. The van der Waals surface area contributed by atoms with E-state index >= 15 is 4.79 Å². The number of hydroxylamine groups is 1. The molecule has 1 aliphatic heterocycles. The van der Waals surface area contributed by atoms with E-state index in [4.69, 9.17) is 28.1 Å². The predicted molar refractivity (Wildman–Crippen MR) is 314 cm³/mol. The fourth-order valence-electron chi connectivity index (χ4n) is 15.4. The fraction of sp³-hybridized carbons (Fsp3) is 0.636. The van der Waals surface area contributed by atoms with Gasteiger partial charge in [0.1, 0.15) is 17.1 Å². The van der Waals surface area contributed by atoms with Crippen molar-refractivity contribution in [3.8, 4) is 17.6 Å². The van der Waals surface area contributed by atoms with Crippen molar-refractivity contribution in [2.24, 2.45) is 46.3 Å². The van der Waals surface area contributed by atoms with E-state index in [0.717, 1.165) is 41.5 Å². The van der Waals surface area contributed by atoms with Gasteiger partial charge in [-0.3, -0.25) is 9.63 Å². The topological polar surface area (TPSA) is 123 Å². The molecule has 0 spiro atoms. The van der Waals surface area contributed by atoms with Gasteiger partial charge in [-0.2, -0.15) is 18.4 Å². The minimum atomic E-state index is -5.27. The number of rotatable bonds is 24. The molecule has 0 bridgehead atoms. The van der Waals surface area contributed by atoms with Crippen LogP contribution in [0.3, 0.4) is 0 Å². The van der Waals surface area contributed by atoms with Crippen LogP contribution in [-0.4, -0.2) is 103 Å². The molecule has 16 heteroatoms. The number of nitriles is 1. The molecule has 10 atom stereocenters. The van der Waals surface area contributed by atoms with Gasteiger partial charge in [-0.15, -0.1) is 0 Å². The van der Waals surface area contributed by atoms with E-state index in [1.165, 1.54) is 32.1 Å². The maximum atomic E-state index is 15.0. The Bertz CT molecular complexity index is 2680. The summed E-state index contributed by atoms with van der Waals surface area (Å²) < 4.78 is 78.7. The van der Waals surface area contributed by atoms with Crippen LogP contribution in [0.25, 0.3) is 0 Å². The van der Waals surface area contributed by atoms with Crippen LogP contribution >= 0.6 is 8.53 Å². The van der Waals surface area contributed by atoms with Crippen LogP contribution in [0.4, 0.5) is 13.2 Å². The van der Waals surface area contributed by atoms with Crippen LogP contribution in [0.15, 0.2) is 90.5 Å². The quantitative estimate of drug-likeness (QED) is 0.0214. The highest BCUT2D eigenvalue weighted by molar-refractivity contribution is 7.44. The molecule has 2 amide bonds. The third-order valence-electron chi connectivity index (χ3n) is 19.4. The van der Waals surface area contributed by atoms with E-state index in [2.05, 4.69) is 51.4 Å². The van der Waals surface area contributed by atoms with Crippen molar-refractivity contribution in [3.05, 3.63) is 107 Å². The van der Waals surface area contributed by atoms with Gasteiger partial charge in [-0.1, -0.05) is 120 Å². The molecule has 3 aromatic carbocycles. The Balaban J connectivity index is 1.09. The summed E-state index contributed by atoms with van der Waals surface area (Å²) in [6.45, 7) is 19.4. The minimum absolute atomic E-state index is 0.00460. The van der Waals surface area contributed by atoms with Crippen molar-refractivity contribution in [1.82, 2.24) is 9.57 Å². The van der Waals surface area contributed by atoms with Crippen LogP contribution < -0.4 is 9.47 Å². The molecule has 12 nitrogen and oxygen atoms in total. The molecule has 0 radical (unpaired) electrons. The number of methoxy groups -OCH3 is 2. The third-order valence-corrected chi connectivity index (χ3v) is 21.6. The van der Waals surface area contributed by atoms with E-state index in [0.29, 0.717) is 58.2 Å². The molecule has 1 unspecified atom stereocenters. The van der Waals surface area contributed by atoms with Crippen molar-refractivity contribution < 1.29 is 55.6 Å². The summed E-state index contributed by atoms with van der Waals surface area (Å²) in [5.74, 6) is 2.12. The van der Waals surface area contributed by atoms with Gasteiger partial charge >= 0.3 is 12.1 Å².